The van der Waals surface area contributed by atoms with E-state index in [0.717, 1.165) is 0 Å². The summed E-state index contributed by atoms with van der Waals surface area (Å²) in [4.78, 5) is 24.7. The van der Waals surface area contributed by atoms with Gasteiger partial charge in [0.1, 0.15) is 11.8 Å². The number of carbonyl (C=O) groups is 2. The molecular weight excluding hydrogens is 288 g/mol. The van der Waals surface area contributed by atoms with Crippen LogP contribution in [0.15, 0.2) is 24.3 Å². The Labute approximate surface area is 127 Å². The molecule has 0 aliphatic carbocycles. The summed E-state index contributed by atoms with van der Waals surface area (Å²) in [6.07, 6.45) is -1.83. The van der Waals surface area contributed by atoms with E-state index in [0.29, 0.717) is 17.9 Å². The molecule has 1 aromatic rings. The maximum atomic E-state index is 12.3. The van der Waals surface area contributed by atoms with Crippen molar-refractivity contribution in [3.63, 3.8) is 0 Å². The van der Waals surface area contributed by atoms with E-state index in [9.17, 15) is 9.59 Å². The Balaban J connectivity index is 2.03. The highest BCUT2D eigenvalue weighted by atomic mass is 16.5. The van der Waals surface area contributed by atoms with Gasteiger partial charge in [0.25, 0.3) is 5.91 Å². The van der Waals surface area contributed by atoms with Gasteiger partial charge in [-0.25, -0.2) is 4.79 Å². The Morgan fingerprint density at radius 1 is 1.50 bits per heavy atom. The lowest BCUT2D eigenvalue weighted by Gasteiger charge is -2.32. The van der Waals surface area contributed by atoms with Crippen molar-refractivity contribution in [1.29, 1.82) is 5.26 Å². The van der Waals surface area contributed by atoms with Crippen molar-refractivity contribution >= 4 is 11.9 Å². The number of morpholine rings is 1. The lowest BCUT2D eigenvalue weighted by atomic mass is 10.2. The van der Waals surface area contributed by atoms with E-state index in [1.165, 1.54) is 4.90 Å². The first-order valence-corrected chi connectivity index (χ1v) is 6.82. The van der Waals surface area contributed by atoms with Crippen molar-refractivity contribution in [2.24, 2.45) is 0 Å². The molecule has 0 bridgehead atoms. The van der Waals surface area contributed by atoms with Crippen molar-refractivity contribution in [2.75, 3.05) is 19.7 Å². The molecule has 0 aromatic heterocycles. The summed E-state index contributed by atoms with van der Waals surface area (Å²) >= 11 is 0. The molecule has 1 fully saturated rings. The topological polar surface area (TPSA) is 99.9 Å². The molecule has 7 heteroatoms. The highest BCUT2D eigenvalue weighted by molar-refractivity contribution is 5.82. The third-order valence-corrected chi connectivity index (χ3v) is 3.31. The molecule has 1 saturated heterocycles. The maximum absolute atomic E-state index is 12.3. The molecule has 1 aromatic carbocycles. The van der Waals surface area contributed by atoms with Gasteiger partial charge in [-0.2, -0.15) is 5.26 Å². The number of benzene rings is 1. The largest absolute Gasteiger partial charge is 0.480 e. The number of nitriles is 1. The van der Waals surface area contributed by atoms with Crippen molar-refractivity contribution < 1.29 is 24.2 Å². The molecule has 2 atom stereocenters. The third kappa shape index (κ3) is 3.54. The fourth-order valence-corrected chi connectivity index (χ4v) is 2.16. The van der Waals surface area contributed by atoms with Crippen LogP contribution in [0.25, 0.3) is 0 Å². The van der Waals surface area contributed by atoms with E-state index >= 15 is 0 Å². The maximum Gasteiger partial charge on any atom is 0.334 e. The molecule has 1 amide bonds. The van der Waals surface area contributed by atoms with Gasteiger partial charge >= 0.3 is 5.97 Å². The van der Waals surface area contributed by atoms with Gasteiger partial charge in [0.15, 0.2) is 12.2 Å². The van der Waals surface area contributed by atoms with Crippen molar-refractivity contribution in [2.45, 2.75) is 19.1 Å². The number of carbonyl (C=O) groups excluding carboxylic acids is 1. The molecule has 1 aliphatic heterocycles. The quantitative estimate of drug-likeness (QED) is 0.876. The first kappa shape index (κ1) is 15.8. The first-order valence-electron chi connectivity index (χ1n) is 6.82. The third-order valence-electron chi connectivity index (χ3n) is 3.31. The summed E-state index contributed by atoms with van der Waals surface area (Å²) in [5.41, 5.74) is 0.340. The average molecular weight is 304 g/mol. The van der Waals surface area contributed by atoms with E-state index in [4.69, 9.17) is 19.8 Å². The average Bonchev–Trinajstić information content (AvgIpc) is 2.54. The Hall–Kier alpha value is -2.59. The molecule has 0 saturated carbocycles. The Morgan fingerprint density at radius 2 is 2.23 bits per heavy atom. The van der Waals surface area contributed by atoms with Crippen LogP contribution in [0.4, 0.5) is 0 Å². The number of nitrogens with zero attached hydrogens (tertiary/aromatic N) is 2. The number of ether oxygens (including phenoxy) is 2. The second-order valence-corrected chi connectivity index (χ2v) is 4.85. The molecule has 22 heavy (non-hydrogen) atoms. The van der Waals surface area contributed by atoms with Gasteiger partial charge in [-0.15, -0.1) is 0 Å². The highest BCUT2D eigenvalue weighted by Crippen LogP contribution is 2.19. The molecule has 7 nitrogen and oxygen atoms in total. The van der Waals surface area contributed by atoms with Crippen molar-refractivity contribution in [1.82, 2.24) is 4.90 Å². The highest BCUT2D eigenvalue weighted by Gasteiger charge is 2.31. The van der Waals surface area contributed by atoms with Gasteiger partial charge in [-0.1, -0.05) is 12.1 Å². The van der Waals surface area contributed by atoms with Crippen LogP contribution in [0.3, 0.4) is 0 Å². The first-order chi connectivity index (χ1) is 10.5. The summed E-state index contributed by atoms with van der Waals surface area (Å²) in [5, 5.41) is 18.0. The van der Waals surface area contributed by atoms with Gasteiger partial charge in [0.2, 0.25) is 0 Å². The minimum absolute atomic E-state index is 0.0121. The molecule has 0 radical (unpaired) electrons. The van der Waals surface area contributed by atoms with Crippen LogP contribution >= 0.6 is 0 Å². The minimum atomic E-state index is -1.10. The van der Waals surface area contributed by atoms with Crippen LogP contribution in [0.1, 0.15) is 12.5 Å². The number of aliphatic carboxylic acids is 1. The molecule has 1 N–H and O–H groups in total. The van der Waals surface area contributed by atoms with Crippen LogP contribution in [-0.2, 0) is 14.3 Å². The zero-order valence-electron chi connectivity index (χ0n) is 12.1. The second-order valence-electron chi connectivity index (χ2n) is 4.85. The van der Waals surface area contributed by atoms with Crippen LogP contribution in [0.5, 0.6) is 5.75 Å². The number of carboxylic acids is 1. The van der Waals surface area contributed by atoms with Crippen molar-refractivity contribution in [3.05, 3.63) is 29.8 Å². The predicted octanol–water partition coefficient (Wildman–Crippen LogP) is 0.638. The number of rotatable bonds is 4. The zero-order chi connectivity index (χ0) is 16.1. The molecule has 1 aliphatic rings. The normalized spacial score (nSPS) is 19.1. The summed E-state index contributed by atoms with van der Waals surface area (Å²) in [6, 6.07) is 8.62. The van der Waals surface area contributed by atoms with Gasteiger partial charge in [0, 0.05) is 6.54 Å². The lowest BCUT2D eigenvalue weighted by Crippen LogP contribution is -2.51. The molecule has 1 heterocycles. The van der Waals surface area contributed by atoms with E-state index < -0.39 is 18.2 Å². The predicted molar refractivity (Wildman–Crippen MR) is 75.2 cm³/mol. The summed E-state index contributed by atoms with van der Waals surface area (Å²) in [7, 11) is 0. The smallest absolute Gasteiger partial charge is 0.334 e. The van der Waals surface area contributed by atoms with Gasteiger partial charge < -0.3 is 19.5 Å². The van der Waals surface area contributed by atoms with Crippen LogP contribution in [0.2, 0.25) is 0 Å². The Bertz CT molecular complexity index is 610. The number of amides is 1. The Kier molecular flexibility index (Phi) is 4.96. The van der Waals surface area contributed by atoms with E-state index in [2.05, 4.69) is 0 Å². The summed E-state index contributed by atoms with van der Waals surface area (Å²) in [6.45, 7) is 2.05. The summed E-state index contributed by atoms with van der Waals surface area (Å²) < 4.78 is 10.6. The van der Waals surface area contributed by atoms with Crippen LogP contribution < -0.4 is 4.74 Å². The number of para-hydroxylation sites is 1. The van der Waals surface area contributed by atoms with Gasteiger partial charge in [0.05, 0.1) is 18.7 Å². The van der Waals surface area contributed by atoms with Gasteiger partial charge in [-0.05, 0) is 19.1 Å². The number of hydrogen-bond acceptors (Lipinski definition) is 5. The SMILES string of the molecule is C[C@H](Oc1ccccc1C#N)C(=O)N1CCO[C@@H](C(=O)O)C1. The fraction of sp³-hybridized carbons (Fsp3) is 0.400. The standard InChI is InChI=1S/C15H16N2O5/c1-10(22-12-5-3-2-4-11(12)8-16)14(18)17-6-7-21-13(9-17)15(19)20/h2-5,10,13H,6-7,9H2,1H3,(H,19,20)/t10-,13+/m0/s1. The van der Waals surface area contributed by atoms with Crippen LogP contribution in [-0.4, -0.2) is 53.8 Å². The molecule has 2 rings (SSSR count). The molecule has 0 unspecified atom stereocenters. The molecular formula is C15H16N2O5. The second kappa shape index (κ2) is 6.91. The lowest BCUT2D eigenvalue weighted by molar-refractivity contribution is -0.161. The number of hydrogen-bond donors (Lipinski definition) is 1. The Morgan fingerprint density at radius 3 is 2.91 bits per heavy atom. The monoisotopic (exact) mass is 304 g/mol. The molecule has 0 spiro atoms. The number of carboxylic acid groups (broad SMARTS) is 1. The summed E-state index contributed by atoms with van der Waals surface area (Å²) in [5.74, 6) is -1.10. The van der Waals surface area contributed by atoms with Crippen molar-refractivity contribution in [3.8, 4) is 11.8 Å². The zero-order valence-corrected chi connectivity index (χ0v) is 12.1. The van der Waals surface area contributed by atoms with E-state index in [1.54, 1.807) is 31.2 Å². The minimum Gasteiger partial charge on any atom is -0.480 e. The van der Waals surface area contributed by atoms with E-state index in [1.807, 2.05) is 6.07 Å². The molecule has 116 valence electrons. The fourth-order valence-electron chi connectivity index (χ4n) is 2.16. The van der Waals surface area contributed by atoms with Crippen LogP contribution in [0, 0.1) is 11.3 Å². The van der Waals surface area contributed by atoms with E-state index in [-0.39, 0.29) is 19.1 Å². The van der Waals surface area contributed by atoms with Gasteiger partial charge in [-0.3, -0.25) is 4.79 Å².